The molecule has 1 saturated heterocycles. The molecule has 4 rings (SSSR count). The standard InChI is InChI=1S/C20H20ClFN4O4S2/c1-11-18(9-17(31-11)19-23-12(2)30-25-19)32(28,29)26-7-3-4-13(10-26)20(27)24-16-6-5-14(22)8-15(16)21/h5-6,8-9,13H,3-4,7,10H2,1-2H3,(H,24,27)/t13-/m0/s1. The number of nitrogens with one attached hydrogen (secondary N) is 1. The number of aryl methyl sites for hydroxylation is 2. The summed E-state index contributed by atoms with van der Waals surface area (Å²) in [5.74, 6) is -0.698. The molecule has 0 radical (unpaired) electrons. The largest absolute Gasteiger partial charge is 0.339 e. The van der Waals surface area contributed by atoms with E-state index in [1.165, 1.54) is 27.8 Å². The fourth-order valence-corrected chi connectivity index (χ4v) is 6.79. The SMILES string of the molecule is Cc1nc(-c2cc(S(=O)(=O)N3CCC[C@H](C(=O)Nc4ccc(F)cc4Cl)C3)c(C)s2)no1. The van der Waals surface area contributed by atoms with Gasteiger partial charge in [-0.05, 0) is 44.0 Å². The van der Waals surface area contributed by atoms with Crippen LogP contribution in [-0.4, -0.2) is 41.9 Å². The molecule has 1 fully saturated rings. The Morgan fingerprint density at radius 1 is 1.34 bits per heavy atom. The molecule has 1 aliphatic heterocycles. The first-order valence-corrected chi connectivity index (χ1v) is 12.5. The van der Waals surface area contributed by atoms with Crippen LogP contribution in [-0.2, 0) is 14.8 Å². The van der Waals surface area contributed by atoms with Crippen LogP contribution in [0.2, 0.25) is 5.02 Å². The third-order valence-electron chi connectivity index (χ3n) is 5.18. The van der Waals surface area contributed by atoms with Crippen LogP contribution in [0.25, 0.3) is 10.7 Å². The Kier molecular flexibility index (Phi) is 6.35. The number of benzene rings is 1. The molecular formula is C20H20ClFN4O4S2. The average Bonchev–Trinajstić information content (AvgIpc) is 3.36. The van der Waals surface area contributed by atoms with E-state index in [0.29, 0.717) is 40.9 Å². The van der Waals surface area contributed by atoms with Crippen molar-refractivity contribution in [1.82, 2.24) is 14.4 Å². The van der Waals surface area contributed by atoms with Crippen LogP contribution in [0.1, 0.15) is 23.6 Å². The molecule has 170 valence electrons. The number of aromatic nitrogens is 2. The first-order valence-electron chi connectivity index (χ1n) is 9.82. The molecule has 0 bridgehead atoms. The summed E-state index contributed by atoms with van der Waals surface area (Å²) in [6.45, 7) is 3.74. The van der Waals surface area contributed by atoms with Gasteiger partial charge in [0.2, 0.25) is 27.6 Å². The molecule has 1 atom stereocenters. The number of amides is 1. The molecule has 1 aliphatic rings. The van der Waals surface area contributed by atoms with Gasteiger partial charge in [0.05, 0.1) is 26.4 Å². The number of sulfonamides is 1. The minimum absolute atomic E-state index is 0.0406. The van der Waals surface area contributed by atoms with E-state index in [2.05, 4.69) is 15.5 Å². The van der Waals surface area contributed by atoms with Gasteiger partial charge in [-0.1, -0.05) is 16.8 Å². The molecule has 12 heteroatoms. The highest BCUT2D eigenvalue weighted by Gasteiger charge is 2.35. The molecule has 0 saturated carbocycles. The second kappa shape index (κ2) is 8.89. The second-order valence-corrected chi connectivity index (χ2v) is 11.1. The maximum atomic E-state index is 13.3. The van der Waals surface area contributed by atoms with Gasteiger partial charge in [-0.25, -0.2) is 12.8 Å². The fourth-order valence-electron chi connectivity index (χ4n) is 3.57. The molecule has 3 aromatic rings. The molecular weight excluding hydrogens is 479 g/mol. The predicted molar refractivity (Wildman–Crippen MR) is 119 cm³/mol. The molecule has 1 amide bonds. The Bertz CT molecular complexity index is 1270. The zero-order valence-corrected chi connectivity index (χ0v) is 19.7. The fraction of sp³-hybridized carbons (Fsp3) is 0.350. The Labute approximate surface area is 193 Å². The Morgan fingerprint density at radius 3 is 2.81 bits per heavy atom. The van der Waals surface area contributed by atoms with Gasteiger partial charge in [0.1, 0.15) is 5.82 Å². The molecule has 2 aromatic heterocycles. The maximum Gasteiger partial charge on any atom is 0.244 e. The minimum Gasteiger partial charge on any atom is -0.339 e. The van der Waals surface area contributed by atoms with Crippen molar-refractivity contribution in [2.75, 3.05) is 18.4 Å². The van der Waals surface area contributed by atoms with Gasteiger partial charge in [0.15, 0.2) is 0 Å². The van der Waals surface area contributed by atoms with E-state index < -0.39 is 21.8 Å². The molecule has 3 heterocycles. The van der Waals surface area contributed by atoms with E-state index in [0.717, 1.165) is 6.07 Å². The van der Waals surface area contributed by atoms with Crippen molar-refractivity contribution in [1.29, 1.82) is 0 Å². The third kappa shape index (κ3) is 4.56. The highest BCUT2D eigenvalue weighted by molar-refractivity contribution is 7.89. The van der Waals surface area contributed by atoms with E-state index >= 15 is 0 Å². The molecule has 32 heavy (non-hydrogen) atoms. The molecule has 0 aliphatic carbocycles. The third-order valence-corrected chi connectivity index (χ3v) is 8.66. The summed E-state index contributed by atoms with van der Waals surface area (Å²) < 4.78 is 46.3. The smallest absolute Gasteiger partial charge is 0.244 e. The molecule has 0 unspecified atom stereocenters. The van der Waals surface area contributed by atoms with Crippen molar-refractivity contribution in [2.24, 2.45) is 5.92 Å². The molecule has 1 N–H and O–H groups in total. The first kappa shape index (κ1) is 22.8. The topological polar surface area (TPSA) is 105 Å². The summed E-state index contributed by atoms with van der Waals surface area (Å²) in [5.41, 5.74) is 0.284. The molecule has 8 nitrogen and oxygen atoms in total. The second-order valence-electron chi connectivity index (χ2n) is 7.48. The van der Waals surface area contributed by atoms with Crippen LogP contribution in [0.3, 0.4) is 0 Å². The number of hydrogen-bond donors (Lipinski definition) is 1. The number of carbonyl (C=O) groups is 1. The number of hydrogen-bond acceptors (Lipinski definition) is 7. The van der Waals surface area contributed by atoms with Crippen molar-refractivity contribution < 1.29 is 22.1 Å². The van der Waals surface area contributed by atoms with Gasteiger partial charge >= 0.3 is 0 Å². The molecule has 0 spiro atoms. The summed E-state index contributed by atoms with van der Waals surface area (Å²) in [5, 5.41) is 6.61. The summed E-state index contributed by atoms with van der Waals surface area (Å²) in [7, 11) is -3.82. The average molecular weight is 499 g/mol. The number of carbonyl (C=O) groups excluding carboxylic acids is 1. The van der Waals surface area contributed by atoms with Crippen molar-refractivity contribution in [3.63, 3.8) is 0 Å². The van der Waals surface area contributed by atoms with Gasteiger partial charge in [-0.15, -0.1) is 11.3 Å². The summed E-state index contributed by atoms with van der Waals surface area (Å²) in [6.07, 6.45) is 1.07. The van der Waals surface area contributed by atoms with Crippen LogP contribution in [0.15, 0.2) is 33.7 Å². The van der Waals surface area contributed by atoms with Gasteiger partial charge in [-0.2, -0.15) is 9.29 Å². The van der Waals surface area contributed by atoms with Crippen molar-refractivity contribution in [2.45, 2.75) is 31.6 Å². The number of thiophene rings is 1. The lowest BCUT2D eigenvalue weighted by molar-refractivity contribution is -0.120. The number of piperidine rings is 1. The monoisotopic (exact) mass is 498 g/mol. The van der Waals surface area contributed by atoms with Gasteiger partial charge in [0.25, 0.3) is 0 Å². The van der Waals surface area contributed by atoms with E-state index in [-0.39, 0.29) is 28.1 Å². The lowest BCUT2D eigenvalue weighted by Gasteiger charge is -2.31. The number of rotatable bonds is 5. The normalized spacial score (nSPS) is 17.4. The predicted octanol–water partition coefficient (Wildman–Crippen LogP) is 4.25. The van der Waals surface area contributed by atoms with Crippen LogP contribution in [0.4, 0.5) is 10.1 Å². The lowest BCUT2D eigenvalue weighted by atomic mass is 9.98. The van der Waals surface area contributed by atoms with E-state index in [1.807, 2.05) is 0 Å². The van der Waals surface area contributed by atoms with Gasteiger partial charge in [0, 0.05) is 24.9 Å². The van der Waals surface area contributed by atoms with Crippen molar-refractivity contribution >= 4 is 44.6 Å². The minimum atomic E-state index is -3.82. The Morgan fingerprint density at radius 2 is 2.12 bits per heavy atom. The highest BCUT2D eigenvalue weighted by atomic mass is 35.5. The number of anilines is 1. The van der Waals surface area contributed by atoms with E-state index in [9.17, 15) is 17.6 Å². The van der Waals surface area contributed by atoms with Gasteiger partial charge in [-0.3, -0.25) is 4.79 Å². The summed E-state index contributed by atoms with van der Waals surface area (Å²) in [6, 6.07) is 5.22. The maximum absolute atomic E-state index is 13.3. The van der Waals surface area contributed by atoms with Crippen molar-refractivity contribution in [3.8, 4) is 10.7 Å². The van der Waals surface area contributed by atoms with Crippen LogP contribution in [0, 0.1) is 25.6 Å². The van der Waals surface area contributed by atoms with Crippen LogP contribution in [0.5, 0.6) is 0 Å². The lowest BCUT2D eigenvalue weighted by Crippen LogP contribution is -2.43. The number of nitrogens with zero attached hydrogens (tertiary/aromatic N) is 3. The van der Waals surface area contributed by atoms with Crippen LogP contribution >= 0.6 is 22.9 Å². The summed E-state index contributed by atoms with van der Waals surface area (Å²) >= 11 is 7.26. The van der Waals surface area contributed by atoms with Crippen LogP contribution < -0.4 is 5.32 Å². The van der Waals surface area contributed by atoms with E-state index in [4.69, 9.17) is 16.1 Å². The first-order chi connectivity index (χ1) is 15.1. The van der Waals surface area contributed by atoms with E-state index in [1.54, 1.807) is 19.9 Å². The zero-order chi connectivity index (χ0) is 23.0. The highest BCUT2D eigenvalue weighted by Crippen LogP contribution is 2.35. The van der Waals surface area contributed by atoms with Crippen molar-refractivity contribution in [3.05, 3.63) is 45.9 Å². The van der Waals surface area contributed by atoms with Gasteiger partial charge < -0.3 is 9.84 Å². The quantitative estimate of drug-likeness (QED) is 0.563. The Balaban J connectivity index is 1.52. The zero-order valence-electron chi connectivity index (χ0n) is 17.3. The number of halogens is 2. The molecule has 1 aromatic carbocycles. The summed E-state index contributed by atoms with van der Waals surface area (Å²) in [4.78, 5) is 18.3. The Hall–Kier alpha value is -2.34.